The van der Waals surface area contributed by atoms with Crippen molar-refractivity contribution in [2.75, 3.05) is 0 Å². The van der Waals surface area contributed by atoms with Crippen molar-refractivity contribution in [3.05, 3.63) is 52.1 Å². The Morgan fingerprint density at radius 1 is 1.35 bits per heavy atom. The summed E-state index contributed by atoms with van der Waals surface area (Å²) in [6.07, 6.45) is -0.281. The summed E-state index contributed by atoms with van der Waals surface area (Å²) in [5.41, 5.74) is 1.22. The standard InChI is InChI=1S/C12H11NO4/c1-7-11(8(2)17-12(7)14)9-3-5-10(6-4-9)13(15)16/h3-6,8,11H,1H2,2H3/t8-,11-/m1/s1. The van der Waals surface area contributed by atoms with Crippen LogP contribution in [0.1, 0.15) is 18.4 Å². The van der Waals surface area contributed by atoms with E-state index in [1.807, 2.05) is 0 Å². The van der Waals surface area contributed by atoms with Gasteiger partial charge in [-0.2, -0.15) is 0 Å². The molecular weight excluding hydrogens is 222 g/mol. The molecule has 0 N–H and O–H groups in total. The molecule has 1 aromatic carbocycles. The minimum Gasteiger partial charge on any atom is -0.458 e. The number of hydrogen-bond donors (Lipinski definition) is 0. The lowest BCUT2D eigenvalue weighted by Gasteiger charge is -2.13. The van der Waals surface area contributed by atoms with Crippen LogP contribution in [0, 0.1) is 10.1 Å². The highest BCUT2D eigenvalue weighted by Gasteiger charge is 2.36. The number of carbonyl (C=O) groups excluding carboxylic acids is 1. The maximum absolute atomic E-state index is 11.3. The molecule has 0 unspecified atom stereocenters. The number of non-ortho nitro benzene ring substituents is 1. The second-order valence-corrected chi connectivity index (χ2v) is 3.96. The van der Waals surface area contributed by atoms with Gasteiger partial charge in [-0.05, 0) is 12.5 Å². The number of hydrogen-bond acceptors (Lipinski definition) is 4. The van der Waals surface area contributed by atoms with Gasteiger partial charge in [0.05, 0.1) is 10.8 Å². The topological polar surface area (TPSA) is 69.4 Å². The third-order valence-corrected chi connectivity index (χ3v) is 2.86. The van der Waals surface area contributed by atoms with Crippen molar-refractivity contribution >= 4 is 11.7 Å². The molecule has 0 bridgehead atoms. The largest absolute Gasteiger partial charge is 0.458 e. The van der Waals surface area contributed by atoms with Gasteiger partial charge in [0, 0.05) is 17.7 Å². The van der Waals surface area contributed by atoms with Crippen LogP contribution in [0.4, 0.5) is 5.69 Å². The van der Waals surface area contributed by atoms with Crippen molar-refractivity contribution in [3.8, 4) is 0 Å². The van der Waals surface area contributed by atoms with Crippen molar-refractivity contribution in [1.29, 1.82) is 0 Å². The Morgan fingerprint density at radius 2 is 1.94 bits per heavy atom. The number of ether oxygens (including phenoxy) is 1. The van der Waals surface area contributed by atoms with E-state index in [0.717, 1.165) is 5.56 Å². The third kappa shape index (κ3) is 1.91. The summed E-state index contributed by atoms with van der Waals surface area (Å²) in [6, 6.07) is 6.09. The van der Waals surface area contributed by atoms with Gasteiger partial charge < -0.3 is 4.74 Å². The fourth-order valence-corrected chi connectivity index (χ4v) is 2.00. The van der Waals surface area contributed by atoms with Gasteiger partial charge in [-0.3, -0.25) is 10.1 Å². The fourth-order valence-electron chi connectivity index (χ4n) is 2.00. The van der Waals surface area contributed by atoms with E-state index in [1.54, 1.807) is 19.1 Å². The molecule has 1 aromatic rings. The predicted molar refractivity (Wildman–Crippen MR) is 60.5 cm³/mol. The number of nitro groups is 1. The van der Waals surface area contributed by atoms with Gasteiger partial charge in [0.2, 0.25) is 0 Å². The SMILES string of the molecule is C=C1C(=O)O[C@H](C)[C@@H]1c1ccc([N+](=O)[O-])cc1. The lowest BCUT2D eigenvalue weighted by molar-refractivity contribution is -0.384. The van der Waals surface area contributed by atoms with Gasteiger partial charge in [0.1, 0.15) is 6.10 Å². The van der Waals surface area contributed by atoms with Crippen molar-refractivity contribution in [2.45, 2.75) is 18.9 Å². The first-order valence-corrected chi connectivity index (χ1v) is 5.15. The molecule has 1 aliphatic rings. The monoisotopic (exact) mass is 233 g/mol. The van der Waals surface area contributed by atoms with Crippen LogP contribution in [0.15, 0.2) is 36.4 Å². The van der Waals surface area contributed by atoms with Crippen LogP contribution in [0.3, 0.4) is 0 Å². The molecular formula is C12H11NO4. The fraction of sp³-hybridized carbons (Fsp3) is 0.250. The smallest absolute Gasteiger partial charge is 0.334 e. The number of nitro benzene ring substituents is 1. The quantitative estimate of drug-likeness (QED) is 0.340. The minimum atomic E-state index is -0.460. The van der Waals surface area contributed by atoms with Crippen molar-refractivity contribution in [1.82, 2.24) is 0 Å². The number of nitrogens with zero attached hydrogens (tertiary/aromatic N) is 1. The van der Waals surface area contributed by atoms with Gasteiger partial charge in [-0.25, -0.2) is 4.79 Å². The zero-order chi connectivity index (χ0) is 12.6. The normalized spacial score (nSPS) is 23.6. The Kier molecular flexibility index (Phi) is 2.67. The van der Waals surface area contributed by atoms with E-state index in [9.17, 15) is 14.9 Å². The summed E-state index contributed by atoms with van der Waals surface area (Å²) >= 11 is 0. The molecule has 17 heavy (non-hydrogen) atoms. The van der Waals surface area contributed by atoms with E-state index in [4.69, 9.17) is 4.74 Å². The van der Waals surface area contributed by atoms with Crippen LogP contribution < -0.4 is 0 Å². The first-order chi connectivity index (χ1) is 8.00. The molecule has 1 saturated heterocycles. The number of carbonyl (C=O) groups is 1. The third-order valence-electron chi connectivity index (χ3n) is 2.86. The van der Waals surface area contributed by atoms with Crippen LogP contribution in [0.5, 0.6) is 0 Å². The van der Waals surface area contributed by atoms with Crippen molar-refractivity contribution in [2.24, 2.45) is 0 Å². The molecule has 0 amide bonds. The minimum absolute atomic E-state index is 0.0252. The zero-order valence-electron chi connectivity index (χ0n) is 9.25. The van der Waals surface area contributed by atoms with E-state index in [-0.39, 0.29) is 17.7 Å². The molecule has 1 aliphatic heterocycles. The van der Waals surface area contributed by atoms with Gasteiger partial charge in [0.25, 0.3) is 5.69 Å². The van der Waals surface area contributed by atoms with Gasteiger partial charge in [-0.15, -0.1) is 0 Å². The van der Waals surface area contributed by atoms with E-state index >= 15 is 0 Å². The van der Waals surface area contributed by atoms with E-state index < -0.39 is 10.9 Å². The molecule has 5 heteroatoms. The van der Waals surface area contributed by atoms with Crippen molar-refractivity contribution < 1.29 is 14.5 Å². The summed E-state index contributed by atoms with van der Waals surface area (Å²) in [5, 5.41) is 10.5. The highest BCUT2D eigenvalue weighted by molar-refractivity contribution is 5.92. The number of rotatable bonds is 2. The number of benzene rings is 1. The lowest BCUT2D eigenvalue weighted by atomic mass is 9.90. The molecule has 88 valence electrons. The first kappa shape index (κ1) is 11.3. The van der Waals surface area contributed by atoms with Crippen LogP contribution in [0.25, 0.3) is 0 Å². The van der Waals surface area contributed by atoms with Crippen LogP contribution >= 0.6 is 0 Å². The summed E-state index contributed by atoms with van der Waals surface area (Å²) in [4.78, 5) is 21.4. The Bertz CT molecular complexity index is 492. The summed E-state index contributed by atoms with van der Waals surface area (Å²) in [5.74, 6) is -0.621. The average molecular weight is 233 g/mol. The molecule has 1 fully saturated rings. The molecule has 5 nitrogen and oxygen atoms in total. The van der Waals surface area contributed by atoms with Gasteiger partial charge >= 0.3 is 5.97 Å². The Balaban J connectivity index is 2.32. The zero-order valence-corrected chi connectivity index (χ0v) is 9.25. The number of esters is 1. The molecule has 0 aliphatic carbocycles. The second-order valence-electron chi connectivity index (χ2n) is 3.96. The van der Waals surface area contributed by atoms with E-state index in [1.165, 1.54) is 12.1 Å². The molecule has 2 atom stereocenters. The van der Waals surface area contributed by atoms with Crippen LogP contribution in [-0.4, -0.2) is 17.0 Å². The van der Waals surface area contributed by atoms with Gasteiger partial charge in [0.15, 0.2) is 0 Å². The summed E-state index contributed by atoms with van der Waals surface area (Å²) in [7, 11) is 0. The lowest BCUT2D eigenvalue weighted by Crippen LogP contribution is -2.10. The van der Waals surface area contributed by atoms with E-state index in [2.05, 4.69) is 6.58 Å². The first-order valence-electron chi connectivity index (χ1n) is 5.15. The Hall–Kier alpha value is -2.17. The highest BCUT2D eigenvalue weighted by Crippen LogP contribution is 2.35. The molecule has 0 aromatic heterocycles. The Morgan fingerprint density at radius 3 is 2.35 bits per heavy atom. The molecule has 1 heterocycles. The highest BCUT2D eigenvalue weighted by atomic mass is 16.6. The average Bonchev–Trinajstić information content (AvgIpc) is 2.53. The van der Waals surface area contributed by atoms with E-state index in [0.29, 0.717) is 5.57 Å². The maximum atomic E-state index is 11.3. The van der Waals surface area contributed by atoms with Gasteiger partial charge in [-0.1, -0.05) is 18.7 Å². The molecule has 0 spiro atoms. The van der Waals surface area contributed by atoms with Crippen LogP contribution in [0.2, 0.25) is 0 Å². The Labute approximate surface area is 97.9 Å². The maximum Gasteiger partial charge on any atom is 0.334 e. The van der Waals surface area contributed by atoms with Crippen LogP contribution in [-0.2, 0) is 9.53 Å². The van der Waals surface area contributed by atoms with Crippen molar-refractivity contribution in [3.63, 3.8) is 0 Å². The summed E-state index contributed by atoms with van der Waals surface area (Å²) < 4.78 is 5.05. The summed E-state index contributed by atoms with van der Waals surface area (Å²) in [6.45, 7) is 5.47. The molecule has 2 rings (SSSR count). The second kappa shape index (κ2) is 4.01. The molecule has 0 radical (unpaired) electrons. The molecule has 0 saturated carbocycles. The predicted octanol–water partition coefficient (Wildman–Crippen LogP) is 2.18. The number of cyclic esters (lactones) is 1.